The zero-order valence-corrected chi connectivity index (χ0v) is 20.3. The number of hydrogen-bond acceptors (Lipinski definition) is 4. The Kier molecular flexibility index (Phi) is 7.73. The lowest BCUT2D eigenvalue weighted by Gasteiger charge is -2.33. The molecule has 0 aliphatic heterocycles. The molecule has 2 aliphatic carbocycles. The van der Waals surface area contributed by atoms with Gasteiger partial charge in [0.1, 0.15) is 12.6 Å². The summed E-state index contributed by atoms with van der Waals surface area (Å²) in [4.78, 5) is 36.8. The minimum absolute atomic E-state index is 0.00401. The van der Waals surface area contributed by atoms with Gasteiger partial charge >= 0.3 is 12.1 Å². The quantitative estimate of drug-likeness (QED) is 0.510. The fourth-order valence-corrected chi connectivity index (χ4v) is 5.30. The van der Waals surface area contributed by atoms with Crippen molar-refractivity contribution >= 4 is 18.0 Å². The smallest absolute Gasteiger partial charge is 0.407 e. The van der Waals surface area contributed by atoms with E-state index < -0.39 is 18.1 Å². The SMILES string of the molecule is CC1CCC(NC(=O)C(CCC(=O)O)NC(=O)OCC2c3ccccc3-c3ccccc32)CC1C. The number of carboxylic acid groups (broad SMARTS) is 1. The molecule has 0 saturated heterocycles. The average molecular weight is 479 g/mol. The van der Waals surface area contributed by atoms with Gasteiger partial charge in [0, 0.05) is 18.4 Å². The number of ether oxygens (including phenoxy) is 1. The molecule has 4 rings (SSSR count). The van der Waals surface area contributed by atoms with Gasteiger partial charge in [-0.15, -0.1) is 0 Å². The number of rotatable bonds is 8. The Morgan fingerprint density at radius 1 is 0.971 bits per heavy atom. The molecule has 7 heteroatoms. The summed E-state index contributed by atoms with van der Waals surface area (Å²) in [5.74, 6) is -0.347. The van der Waals surface area contributed by atoms with Gasteiger partial charge in [-0.1, -0.05) is 62.4 Å². The van der Waals surface area contributed by atoms with Gasteiger partial charge in [0.25, 0.3) is 0 Å². The molecule has 2 aromatic carbocycles. The van der Waals surface area contributed by atoms with E-state index in [9.17, 15) is 14.4 Å². The molecule has 7 nitrogen and oxygen atoms in total. The topological polar surface area (TPSA) is 105 Å². The minimum Gasteiger partial charge on any atom is -0.481 e. The lowest BCUT2D eigenvalue weighted by Crippen LogP contribution is -2.51. The third-order valence-electron chi connectivity index (χ3n) is 7.54. The van der Waals surface area contributed by atoms with Gasteiger partial charge in [-0.25, -0.2) is 4.79 Å². The van der Waals surface area contributed by atoms with Crippen molar-refractivity contribution in [3.63, 3.8) is 0 Å². The summed E-state index contributed by atoms with van der Waals surface area (Å²) in [6, 6.07) is 15.2. The molecule has 0 radical (unpaired) electrons. The molecule has 0 heterocycles. The van der Waals surface area contributed by atoms with Crippen molar-refractivity contribution in [3.05, 3.63) is 59.7 Å². The van der Waals surface area contributed by atoms with E-state index in [1.54, 1.807) is 0 Å². The summed E-state index contributed by atoms with van der Waals surface area (Å²) in [5.41, 5.74) is 4.46. The second kappa shape index (κ2) is 10.9. The van der Waals surface area contributed by atoms with Gasteiger partial charge in [-0.05, 0) is 59.8 Å². The second-order valence-corrected chi connectivity index (χ2v) is 9.93. The number of nitrogens with one attached hydrogen (secondary N) is 2. The number of benzene rings is 2. The normalized spacial score (nSPS) is 21.9. The molecule has 3 N–H and O–H groups in total. The average Bonchev–Trinajstić information content (AvgIpc) is 3.16. The lowest BCUT2D eigenvalue weighted by atomic mass is 9.79. The summed E-state index contributed by atoms with van der Waals surface area (Å²) < 4.78 is 5.57. The Balaban J connectivity index is 1.38. The van der Waals surface area contributed by atoms with Crippen LogP contribution in [0.3, 0.4) is 0 Å². The highest BCUT2D eigenvalue weighted by atomic mass is 16.5. The Morgan fingerprint density at radius 3 is 2.20 bits per heavy atom. The second-order valence-electron chi connectivity index (χ2n) is 9.93. The van der Waals surface area contributed by atoms with E-state index in [0.29, 0.717) is 11.8 Å². The summed E-state index contributed by atoms with van der Waals surface area (Å²) in [6.45, 7) is 4.53. The zero-order chi connectivity index (χ0) is 24.9. The number of aliphatic carboxylic acids is 1. The van der Waals surface area contributed by atoms with Crippen LogP contribution in [0.2, 0.25) is 0 Å². The van der Waals surface area contributed by atoms with Crippen LogP contribution in [0.1, 0.15) is 63.0 Å². The first-order valence-corrected chi connectivity index (χ1v) is 12.5. The van der Waals surface area contributed by atoms with Crippen LogP contribution in [0.25, 0.3) is 11.1 Å². The fraction of sp³-hybridized carbons (Fsp3) is 0.464. The summed E-state index contributed by atoms with van der Waals surface area (Å²) >= 11 is 0. The molecule has 0 aromatic heterocycles. The van der Waals surface area contributed by atoms with E-state index in [4.69, 9.17) is 9.84 Å². The maximum absolute atomic E-state index is 13.0. The maximum Gasteiger partial charge on any atom is 0.407 e. The van der Waals surface area contributed by atoms with E-state index in [-0.39, 0.29) is 37.3 Å². The molecule has 2 aromatic rings. The summed E-state index contributed by atoms with van der Waals surface area (Å²) in [5, 5.41) is 14.8. The van der Waals surface area contributed by atoms with E-state index in [1.807, 2.05) is 36.4 Å². The predicted molar refractivity (Wildman–Crippen MR) is 133 cm³/mol. The number of alkyl carbamates (subject to hydrolysis) is 1. The Morgan fingerprint density at radius 2 is 1.60 bits per heavy atom. The number of fused-ring (bicyclic) bond motifs is 3. The predicted octanol–water partition coefficient (Wildman–Crippen LogP) is 4.70. The first-order chi connectivity index (χ1) is 16.8. The number of amides is 2. The number of carbonyl (C=O) groups excluding carboxylic acids is 2. The Labute approximate surface area is 206 Å². The molecular weight excluding hydrogens is 444 g/mol. The van der Waals surface area contributed by atoms with Gasteiger partial charge in [-0.2, -0.15) is 0 Å². The Bertz CT molecular complexity index is 1040. The van der Waals surface area contributed by atoms with Gasteiger partial charge in [-0.3, -0.25) is 9.59 Å². The van der Waals surface area contributed by atoms with E-state index in [0.717, 1.165) is 41.5 Å². The Hall–Kier alpha value is -3.35. The van der Waals surface area contributed by atoms with Crippen molar-refractivity contribution in [2.24, 2.45) is 11.8 Å². The molecule has 1 fully saturated rings. The molecule has 0 bridgehead atoms. The molecule has 0 spiro atoms. The first-order valence-electron chi connectivity index (χ1n) is 12.5. The number of carboxylic acids is 1. The van der Waals surface area contributed by atoms with Crippen molar-refractivity contribution in [1.29, 1.82) is 0 Å². The zero-order valence-electron chi connectivity index (χ0n) is 20.3. The molecule has 4 unspecified atom stereocenters. The van der Waals surface area contributed by atoms with Crippen LogP contribution in [-0.2, 0) is 14.3 Å². The van der Waals surface area contributed by atoms with Crippen molar-refractivity contribution in [2.75, 3.05) is 6.61 Å². The largest absolute Gasteiger partial charge is 0.481 e. The van der Waals surface area contributed by atoms with Crippen LogP contribution in [0.5, 0.6) is 0 Å². The van der Waals surface area contributed by atoms with Crippen LogP contribution in [0.4, 0.5) is 4.79 Å². The highest BCUT2D eigenvalue weighted by molar-refractivity contribution is 5.86. The van der Waals surface area contributed by atoms with Crippen molar-refractivity contribution < 1.29 is 24.2 Å². The third kappa shape index (κ3) is 5.84. The first kappa shape index (κ1) is 24.8. The molecule has 4 atom stereocenters. The monoisotopic (exact) mass is 478 g/mol. The van der Waals surface area contributed by atoms with Crippen LogP contribution in [0.15, 0.2) is 48.5 Å². The fourth-order valence-electron chi connectivity index (χ4n) is 5.30. The van der Waals surface area contributed by atoms with E-state index >= 15 is 0 Å². The van der Waals surface area contributed by atoms with E-state index in [2.05, 4.69) is 36.6 Å². The third-order valence-corrected chi connectivity index (χ3v) is 7.54. The summed E-state index contributed by atoms with van der Waals surface area (Å²) in [7, 11) is 0. The van der Waals surface area contributed by atoms with Crippen molar-refractivity contribution in [3.8, 4) is 11.1 Å². The van der Waals surface area contributed by atoms with E-state index in [1.165, 1.54) is 0 Å². The minimum atomic E-state index is -1.02. The van der Waals surface area contributed by atoms with Crippen LogP contribution in [0, 0.1) is 11.8 Å². The van der Waals surface area contributed by atoms with Gasteiger partial charge < -0.3 is 20.5 Å². The summed E-state index contributed by atoms with van der Waals surface area (Å²) in [6.07, 6.45) is 1.86. The van der Waals surface area contributed by atoms with Crippen LogP contribution >= 0.6 is 0 Å². The molecule has 35 heavy (non-hydrogen) atoms. The van der Waals surface area contributed by atoms with Crippen LogP contribution < -0.4 is 10.6 Å². The standard InChI is InChI=1S/C28H34N2O5/c1-17-11-12-19(15-18(17)2)29-27(33)25(13-14-26(31)32)30-28(34)35-16-24-22-9-5-3-7-20(22)21-8-4-6-10-23(21)24/h3-10,17-19,24-25H,11-16H2,1-2H3,(H,29,33)(H,30,34)(H,31,32). The number of hydrogen-bond donors (Lipinski definition) is 3. The van der Waals surface area contributed by atoms with Crippen molar-refractivity contribution in [1.82, 2.24) is 10.6 Å². The highest BCUT2D eigenvalue weighted by Crippen LogP contribution is 2.44. The molecule has 2 amide bonds. The number of carbonyl (C=O) groups is 3. The van der Waals surface area contributed by atoms with Gasteiger partial charge in [0.15, 0.2) is 0 Å². The molecule has 2 aliphatic rings. The lowest BCUT2D eigenvalue weighted by molar-refractivity contribution is -0.137. The van der Waals surface area contributed by atoms with Crippen molar-refractivity contribution in [2.45, 2.75) is 64.0 Å². The molecule has 186 valence electrons. The van der Waals surface area contributed by atoms with Gasteiger partial charge in [0.2, 0.25) is 5.91 Å². The van der Waals surface area contributed by atoms with Gasteiger partial charge in [0.05, 0.1) is 0 Å². The highest BCUT2D eigenvalue weighted by Gasteiger charge is 2.31. The van der Waals surface area contributed by atoms with Crippen LogP contribution in [-0.4, -0.2) is 41.8 Å². The molecule has 1 saturated carbocycles. The maximum atomic E-state index is 13.0. The molecular formula is C28H34N2O5.